The molecule has 0 aliphatic rings. The topological polar surface area (TPSA) is 22.1 Å². The van der Waals surface area contributed by atoms with Crippen LogP contribution < -0.4 is 4.74 Å². The number of nitrogens with zero attached hydrogens (tertiary/aromatic N) is 1. The average molecular weight is 172 g/mol. The molecule has 1 aromatic rings. The van der Waals surface area contributed by atoms with Crippen molar-refractivity contribution in [2.75, 3.05) is 7.11 Å². The molecule has 0 atom stereocenters. The maximum atomic E-state index is 5.87. The first-order chi connectivity index (χ1) is 5.15. The van der Waals surface area contributed by atoms with E-state index in [4.69, 9.17) is 16.3 Å². The molecule has 60 valence electrons. The number of halogens is 1. The van der Waals surface area contributed by atoms with Crippen LogP contribution in [0.15, 0.2) is 6.07 Å². The van der Waals surface area contributed by atoms with Crippen LogP contribution in [0.5, 0.6) is 5.75 Å². The van der Waals surface area contributed by atoms with Gasteiger partial charge in [0.25, 0.3) is 0 Å². The van der Waals surface area contributed by atoms with Crippen LogP contribution in [0.3, 0.4) is 0 Å². The molecule has 0 bridgehead atoms. The van der Waals surface area contributed by atoms with Crippen molar-refractivity contribution in [2.45, 2.75) is 13.8 Å². The van der Waals surface area contributed by atoms with Crippen molar-refractivity contribution in [1.82, 2.24) is 4.98 Å². The van der Waals surface area contributed by atoms with Gasteiger partial charge in [-0.2, -0.15) is 0 Å². The Hall–Kier alpha value is -0.760. The van der Waals surface area contributed by atoms with E-state index in [2.05, 4.69) is 4.98 Å². The summed E-state index contributed by atoms with van der Waals surface area (Å²) in [5.74, 6) is 0.664. The monoisotopic (exact) mass is 171 g/mol. The molecule has 1 heterocycles. The van der Waals surface area contributed by atoms with Gasteiger partial charge in [0.05, 0.1) is 17.8 Å². The highest BCUT2D eigenvalue weighted by molar-refractivity contribution is 6.32. The lowest BCUT2D eigenvalue weighted by atomic mass is 10.3. The molecule has 0 N–H and O–H groups in total. The first-order valence-corrected chi connectivity index (χ1v) is 3.70. The molecule has 2 nitrogen and oxygen atoms in total. The minimum absolute atomic E-state index is 0.623. The molecule has 0 spiro atoms. The van der Waals surface area contributed by atoms with Crippen molar-refractivity contribution in [3.63, 3.8) is 0 Å². The van der Waals surface area contributed by atoms with Gasteiger partial charge < -0.3 is 4.74 Å². The SMILES string of the molecule is COc1c(Cl)cc(C)nc1C. The predicted octanol–water partition coefficient (Wildman–Crippen LogP) is 2.36. The van der Waals surface area contributed by atoms with Gasteiger partial charge in [-0.25, -0.2) is 0 Å². The minimum atomic E-state index is 0.623. The summed E-state index contributed by atoms with van der Waals surface area (Å²) < 4.78 is 5.04. The van der Waals surface area contributed by atoms with E-state index in [1.165, 1.54) is 0 Å². The number of ether oxygens (including phenoxy) is 1. The lowest BCUT2D eigenvalue weighted by Gasteiger charge is -2.06. The molecule has 0 saturated carbocycles. The third kappa shape index (κ3) is 1.63. The number of aromatic nitrogens is 1. The third-order valence-electron chi connectivity index (χ3n) is 1.43. The standard InChI is InChI=1S/C8H10ClNO/c1-5-4-7(9)8(11-3)6(2)10-5/h4H,1-3H3. The van der Waals surface area contributed by atoms with Crippen molar-refractivity contribution in [3.8, 4) is 5.75 Å². The summed E-state index contributed by atoms with van der Waals surface area (Å²) in [7, 11) is 1.59. The number of rotatable bonds is 1. The zero-order chi connectivity index (χ0) is 8.43. The fourth-order valence-corrected chi connectivity index (χ4v) is 1.39. The maximum Gasteiger partial charge on any atom is 0.158 e. The van der Waals surface area contributed by atoms with Crippen LogP contribution in [0.1, 0.15) is 11.4 Å². The molecule has 0 unspecified atom stereocenters. The molecule has 1 aromatic heterocycles. The molecule has 0 radical (unpaired) electrons. The fourth-order valence-electron chi connectivity index (χ4n) is 1.01. The van der Waals surface area contributed by atoms with Gasteiger partial charge in [0.15, 0.2) is 5.75 Å². The number of hydrogen-bond acceptors (Lipinski definition) is 2. The summed E-state index contributed by atoms with van der Waals surface area (Å²) in [4.78, 5) is 4.20. The Morgan fingerprint density at radius 2 is 2.09 bits per heavy atom. The molecule has 11 heavy (non-hydrogen) atoms. The van der Waals surface area contributed by atoms with Gasteiger partial charge >= 0.3 is 0 Å². The molecule has 0 amide bonds. The van der Waals surface area contributed by atoms with Gasteiger partial charge in [0.1, 0.15) is 0 Å². The summed E-state index contributed by atoms with van der Waals surface area (Å²) in [6.07, 6.45) is 0. The van der Waals surface area contributed by atoms with Crippen LogP contribution in [0.25, 0.3) is 0 Å². The van der Waals surface area contributed by atoms with E-state index < -0.39 is 0 Å². The zero-order valence-electron chi connectivity index (χ0n) is 6.81. The van der Waals surface area contributed by atoms with Crippen LogP contribution in [0.4, 0.5) is 0 Å². The molecule has 0 aliphatic heterocycles. The highest BCUT2D eigenvalue weighted by Crippen LogP contribution is 2.26. The molecule has 0 aromatic carbocycles. The molecular weight excluding hydrogens is 162 g/mol. The van der Waals surface area contributed by atoms with Gasteiger partial charge in [-0.1, -0.05) is 11.6 Å². The Bertz CT molecular complexity index is 250. The second-order valence-corrected chi connectivity index (χ2v) is 2.77. The van der Waals surface area contributed by atoms with Gasteiger partial charge in [0, 0.05) is 5.69 Å². The van der Waals surface area contributed by atoms with Gasteiger partial charge in [-0.3, -0.25) is 4.98 Å². The summed E-state index contributed by atoms with van der Waals surface area (Å²) in [5.41, 5.74) is 1.74. The Balaban J connectivity index is 3.25. The second-order valence-electron chi connectivity index (χ2n) is 2.36. The van der Waals surface area contributed by atoms with E-state index in [1.807, 2.05) is 13.8 Å². The highest BCUT2D eigenvalue weighted by atomic mass is 35.5. The molecule has 0 saturated heterocycles. The number of pyridine rings is 1. The highest BCUT2D eigenvalue weighted by Gasteiger charge is 2.05. The second kappa shape index (κ2) is 3.09. The van der Waals surface area contributed by atoms with Gasteiger partial charge in [-0.05, 0) is 19.9 Å². The summed E-state index contributed by atoms with van der Waals surface area (Å²) in [5, 5.41) is 0.623. The zero-order valence-corrected chi connectivity index (χ0v) is 7.57. The molecule has 1 rings (SSSR count). The van der Waals surface area contributed by atoms with Gasteiger partial charge in [0.2, 0.25) is 0 Å². The number of methoxy groups -OCH3 is 1. The van der Waals surface area contributed by atoms with E-state index in [1.54, 1.807) is 13.2 Å². The van der Waals surface area contributed by atoms with Crippen molar-refractivity contribution < 1.29 is 4.74 Å². The average Bonchev–Trinajstić information content (AvgIpc) is 1.85. The van der Waals surface area contributed by atoms with Gasteiger partial charge in [-0.15, -0.1) is 0 Å². The van der Waals surface area contributed by atoms with E-state index in [-0.39, 0.29) is 0 Å². The third-order valence-corrected chi connectivity index (χ3v) is 1.71. The van der Waals surface area contributed by atoms with Crippen LogP contribution in [0, 0.1) is 13.8 Å². The lowest BCUT2D eigenvalue weighted by molar-refractivity contribution is 0.409. The predicted molar refractivity (Wildman–Crippen MR) is 45.3 cm³/mol. The van der Waals surface area contributed by atoms with Crippen LogP contribution in [-0.4, -0.2) is 12.1 Å². The minimum Gasteiger partial charge on any atom is -0.493 e. The van der Waals surface area contributed by atoms with Crippen molar-refractivity contribution >= 4 is 11.6 Å². The smallest absolute Gasteiger partial charge is 0.158 e. The summed E-state index contributed by atoms with van der Waals surface area (Å²) in [6.45, 7) is 3.77. The van der Waals surface area contributed by atoms with E-state index in [9.17, 15) is 0 Å². The van der Waals surface area contributed by atoms with E-state index in [0.29, 0.717) is 10.8 Å². The van der Waals surface area contributed by atoms with Crippen molar-refractivity contribution in [1.29, 1.82) is 0 Å². The Morgan fingerprint density at radius 3 is 2.55 bits per heavy atom. The first-order valence-electron chi connectivity index (χ1n) is 3.33. The molecule has 0 aliphatic carbocycles. The first kappa shape index (κ1) is 8.34. The number of aryl methyl sites for hydroxylation is 2. The quantitative estimate of drug-likeness (QED) is 0.647. The largest absolute Gasteiger partial charge is 0.493 e. The molecule has 0 fully saturated rings. The Kier molecular flexibility index (Phi) is 2.35. The summed E-state index contributed by atoms with van der Waals surface area (Å²) >= 11 is 5.87. The lowest BCUT2D eigenvalue weighted by Crippen LogP contribution is -1.93. The molecule has 3 heteroatoms. The number of hydrogen-bond donors (Lipinski definition) is 0. The Morgan fingerprint density at radius 1 is 1.45 bits per heavy atom. The van der Waals surface area contributed by atoms with Crippen molar-refractivity contribution in [3.05, 3.63) is 22.5 Å². The Labute approximate surface area is 71.2 Å². The maximum absolute atomic E-state index is 5.87. The van der Waals surface area contributed by atoms with Crippen molar-refractivity contribution in [2.24, 2.45) is 0 Å². The van der Waals surface area contributed by atoms with Crippen LogP contribution in [-0.2, 0) is 0 Å². The van der Waals surface area contributed by atoms with Crippen LogP contribution >= 0.6 is 11.6 Å². The summed E-state index contributed by atoms with van der Waals surface area (Å²) in [6, 6.07) is 1.79. The van der Waals surface area contributed by atoms with E-state index >= 15 is 0 Å². The fraction of sp³-hybridized carbons (Fsp3) is 0.375. The van der Waals surface area contributed by atoms with Crippen LogP contribution in [0.2, 0.25) is 5.02 Å². The normalized spacial score (nSPS) is 9.82. The molecular formula is C8H10ClNO. The van der Waals surface area contributed by atoms with E-state index in [0.717, 1.165) is 11.4 Å².